The molecule has 0 saturated heterocycles. The summed E-state index contributed by atoms with van der Waals surface area (Å²) >= 11 is 1.80. The van der Waals surface area contributed by atoms with Gasteiger partial charge in [0.2, 0.25) is 5.95 Å². The van der Waals surface area contributed by atoms with E-state index < -0.39 is 0 Å². The third-order valence-electron chi connectivity index (χ3n) is 6.77. The Morgan fingerprint density at radius 2 is 1.29 bits per heavy atom. The lowest BCUT2D eigenvalue weighted by atomic mass is 10.1. The first-order chi connectivity index (χ1) is 17.4. The maximum atomic E-state index is 5.64. The van der Waals surface area contributed by atoms with E-state index in [1.165, 1.54) is 30.9 Å². The number of nitrogens with zero attached hydrogens (tertiary/aromatic N) is 3. The van der Waals surface area contributed by atoms with Crippen molar-refractivity contribution in [2.75, 3.05) is 0 Å². The van der Waals surface area contributed by atoms with Gasteiger partial charge in [0.25, 0.3) is 0 Å². The molecule has 4 aromatic carbocycles. The molecule has 0 spiro atoms. The molecule has 0 amide bonds. The number of thiophene rings is 1. The van der Waals surface area contributed by atoms with Gasteiger partial charge in [-0.1, -0.05) is 72.8 Å². The molecule has 4 aromatic heterocycles. The SMILES string of the molecule is c1ccc2c(c1)sc1c(-c3nc(-n4c5ccccc5c5ccccc54)nc4cocc34)cccc12. The fourth-order valence-electron chi connectivity index (χ4n) is 5.22. The fourth-order valence-corrected chi connectivity index (χ4v) is 6.44. The molecule has 5 heteroatoms. The Balaban J connectivity index is 1.49. The van der Waals surface area contributed by atoms with Gasteiger partial charge in [-0.05, 0) is 18.2 Å². The lowest BCUT2D eigenvalue weighted by Gasteiger charge is -2.10. The van der Waals surface area contributed by atoms with E-state index in [0.717, 1.165) is 33.2 Å². The summed E-state index contributed by atoms with van der Waals surface area (Å²) in [6.45, 7) is 0. The molecule has 4 nitrogen and oxygen atoms in total. The monoisotopic (exact) mass is 467 g/mol. The third kappa shape index (κ3) is 2.61. The van der Waals surface area contributed by atoms with Gasteiger partial charge in [-0.15, -0.1) is 11.3 Å². The van der Waals surface area contributed by atoms with Crippen molar-refractivity contribution >= 4 is 64.2 Å². The van der Waals surface area contributed by atoms with E-state index in [1.807, 2.05) is 0 Å². The van der Waals surface area contributed by atoms with Crippen LogP contribution in [0.4, 0.5) is 0 Å². The Bertz CT molecular complexity index is 2030. The van der Waals surface area contributed by atoms with Crippen LogP contribution in [0, 0.1) is 0 Å². The third-order valence-corrected chi connectivity index (χ3v) is 7.99. The van der Waals surface area contributed by atoms with Crippen molar-refractivity contribution in [3.8, 4) is 17.2 Å². The fraction of sp³-hybridized carbons (Fsp3) is 0. The Kier molecular flexibility index (Phi) is 3.78. The first-order valence-corrected chi connectivity index (χ1v) is 12.3. The predicted molar refractivity (Wildman–Crippen MR) is 144 cm³/mol. The molecule has 8 aromatic rings. The lowest BCUT2D eigenvalue weighted by molar-refractivity contribution is 0.572. The summed E-state index contributed by atoms with van der Waals surface area (Å²) in [6.07, 6.45) is 3.47. The molecule has 0 aliphatic rings. The average molecular weight is 468 g/mol. The molecule has 0 aliphatic carbocycles. The second-order valence-electron chi connectivity index (χ2n) is 8.69. The number of aromatic nitrogens is 3. The van der Waals surface area contributed by atoms with Gasteiger partial charge < -0.3 is 4.42 Å². The quantitative estimate of drug-likeness (QED) is 0.257. The molecule has 8 rings (SSSR count). The zero-order chi connectivity index (χ0) is 22.9. The van der Waals surface area contributed by atoms with Crippen LogP contribution in [0.2, 0.25) is 0 Å². The van der Waals surface area contributed by atoms with Gasteiger partial charge in [0.1, 0.15) is 18.0 Å². The summed E-state index contributed by atoms with van der Waals surface area (Å²) in [5.41, 5.74) is 4.95. The summed E-state index contributed by atoms with van der Waals surface area (Å²) < 4.78 is 10.3. The van der Waals surface area contributed by atoms with Crippen LogP contribution in [-0.2, 0) is 0 Å². The number of rotatable bonds is 2. The van der Waals surface area contributed by atoms with Gasteiger partial charge in [0, 0.05) is 36.5 Å². The molecule has 0 radical (unpaired) electrons. The van der Waals surface area contributed by atoms with Gasteiger partial charge in [0.15, 0.2) is 0 Å². The van der Waals surface area contributed by atoms with Crippen LogP contribution in [0.25, 0.3) is 70.1 Å². The average Bonchev–Trinajstić information content (AvgIpc) is 3.61. The standard InChI is InChI=1S/C30H17N3OS/c1-4-13-25-18(8-1)19-9-2-5-14-26(19)33(25)30-31-24-17-34-16-23(24)28(32-30)22-12-7-11-21-20-10-3-6-15-27(20)35-29(21)22/h1-17H. The minimum atomic E-state index is 0.643. The molecule has 4 heterocycles. The van der Waals surface area contributed by atoms with Gasteiger partial charge in [-0.25, -0.2) is 9.97 Å². The number of para-hydroxylation sites is 2. The van der Waals surface area contributed by atoms with Crippen LogP contribution in [0.15, 0.2) is 108 Å². The summed E-state index contributed by atoms with van der Waals surface area (Å²) in [7, 11) is 0. The van der Waals surface area contributed by atoms with Crippen molar-refractivity contribution in [1.29, 1.82) is 0 Å². The van der Waals surface area contributed by atoms with Crippen molar-refractivity contribution in [2.45, 2.75) is 0 Å². The van der Waals surface area contributed by atoms with E-state index in [4.69, 9.17) is 14.4 Å². The number of fused-ring (bicyclic) bond motifs is 7. The number of furan rings is 1. The number of benzene rings is 4. The second-order valence-corrected chi connectivity index (χ2v) is 9.75. The van der Waals surface area contributed by atoms with Crippen LogP contribution >= 0.6 is 11.3 Å². The van der Waals surface area contributed by atoms with Crippen LogP contribution < -0.4 is 0 Å². The van der Waals surface area contributed by atoms with Crippen LogP contribution in [0.3, 0.4) is 0 Å². The zero-order valence-corrected chi connectivity index (χ0v) is 19.3. The largest absolute Gasteiger partial charge is 0.470 e. The van der Waals surface area contributed by atoms with Crippen molar-refractivity contribution < 1.29 is 4.42 Å². The molecular weight excluding hydrogens is 450 g/mol. The predicted octanol–water partition coefficient (Wildman–Crippen LogP) is 8.35. The van der Waals surface area contributed by atoms with E-state index in [1.54, 1.807) is 23.9 Å². The van der Waals surface area contributed by atoms with Gasteiger partial charge >= 0.3 is 0 Å². The minimum absolute atomic E-state index is 0.643. The second kappa shape index (κ2) is 7.01. The number of hydrogen-bond acceptors (Lipinski definition) is 4. The Morgan fingerprint density at radius 3 is 2.09 bits per heavy atom. The highest BCUT2D eigenvalue weighted by Crippen LogP contribution is 2.41. The van der Waals surface area contributed by atoms with Crippen molar-refractivity contribution in [1.82, 2.24) is 14.5 Å². The highest BCUT2D eigenvalue weighted by molar-refractivity contribution is 7.26. The van der Waals surface area contributed by atoms with Crippen molar-refractivity contribution in [2.24, 2.45) is 0 Å². The Labute approximate surface area is 203 Å². The summed E-state index contributed by atoms with van der Waals surface area (Å²) in [6, 6.07) is 31.9. The van der Waals surface area contributed by atoms with E-state index in [2.05, 4.69) is 95.6 Å². The molecule has 0 unspecified atom stereocenters. The van der Waals surface area contributed by atoms with Gasteiger partial charge in [0.05, 0.1) is 22.1 Å². The minimum Gasteiger partial charge on any atom is -0.470 e. The maximum Gasteiger partial charge on any atom is 0.235 e. The topological polar surface area (TPSA) is 43.9 Å². The zero-order valence-electron chi connectivity index (χ0n) is 18.5. The molecule has 0 fully saturated rings. The van der Waals surface area contributed by atoms with Gasteiger partial charge in [-0.3, -0.25) is 4.57 Å². The molecule has 35 heavy (non-hydrogen) atoms. The van der Waals surface area contributed by atoms with E-state index in [0.29, 0.717) is 5.95 Å². The summed E-state index contributed by atoms with van der Waals surface area (Å²) in [5.74, 6) is 0.643. The maximum absolute atomic E-state index is 5.64. The van der Waals surface area contributed by atoms with E-state index in [9.17, 15) is 0 Å². The molecule has 0 N–H and O–H groups in total. The molecule has 164 valence electrons. The van der Waals surface area contributed by atoms with Crippen molar-refractivity contribution in [3.63, 3.8) is 0 Å². The van der Waals surface area contributed by atoms with E-state index in [-0.39, 0.29) is 0 Å². The molecule has 0 atom stereocenters. The molecule has 0 bridgehead atoms. The smallest absolute Gasteiger partial charge is 0.235 e. The molecular formula is C30H17N3OS. The summed E-state index contributed by atoms with van der Waals surface area (Å²) in [5, 5.41) is 5.81. The number of hydrogen-bond donors (Lipinski definition) is 0. The molecule has 0 aliphatic heterocycles. The normalized spacial score (nSPS) is 12.0. The van der Waals surface area contributed by atoms with Gasteiger partial charge in [-0.2, -0.15) is 0 Å². The lowest BCUT2D eigenvalue weighted by Crippen LogP contribution is -2.02. The van der Waals surface area contributed by atoms with Crippen molar-refractivity contribution in [3.05, 3.63) is 104 Å². The Morgan fingerprint density at radius 1 is 0.600 bits per heavy atom. The van der Waals surface area contributed by atoms with E-state index >= 15 is 0 Å². The van der Waals surface area contributed by atoms with Crippen LogP contribution in [0.5, 0.6) is 0 Å². The molecule has 0 saturated carbocycles. The van der Waals surface area contributed by atoms with Crippen LogP contribution in [0.1, 0.15) is 0 Å². The first kappa shape index (κ1) is 18.9. The highest BCUT2D eigenvalue weighted by Gasteiger charge is 2.19. The van der Waals surface area contributed by atoms with Crippen LogP contribution in [-0.4, -0.2) is 14.5 Å². The highest BCUT2D eigenvalue weighted by atomic mass is 32.1. The Hall–Kier alpha value is -4.48. The first-order valence-electron chi connectivity index (χ1n) is 11.5. The summed E-state index contributed by atoms with van der Waals surface area (Å²) in [4.78, 5) is 10.2.